The average molecular weight is 225 g/mol. The first-order chi connectivity index (χ1) is 8.18. The molecule has 0 N–H and O–H groups in total. The number of rotatable bonds is 3. The topological polar surface area (TPSA) is 47.0 Å². The van der Waals surface area contributed by atoms with Crippen LogP contribution in [-0.2, 0) is 0 Å². The van der Waals surface area contributed by atoms with E-state index in [9.17, 15) is 9.59 Å². The van der Waals surface area contributed by atoms with Crippen molar-refractivity contribution in [1.29, 1.82) is 0 Å². The van der Waals surface area contributed by atoms with E-state index in [4.69, 9.17) is 0 Å². The Kier molecular flexibility index (Phi) is 3.10. The molecule has 1 aromatic heterocycles. The number of nitrogens with zero attached hydrogens (tertiary/aromatic N) is 1. The quantitative estimate of drug-likeness (QED) is 0.595. The minimum absolute atomic E-state index is 0.366. The van der Waals surface area contributed by atoms with Crippen molar-refractivity contribution >= 4 is 11.6 Å². The van der Waals surface area contributed by atoms with Crippen LogP contribution in [0.2, 0.25) is 0 Å². The second-order valence-electron chi connectivity index (χ2n) is 3.76. The lowest BCUT2D eigenvalue weighted by atomic mass is 10.0. The molecule has 3 nitrogen and oxygen atoms in total. The van der Waals surface area contributed by atoms with Gasteiger partial charge in [-0.05, 0) is 19.1 Å². The summed E-state index contributed by atoms with van der Waals surface area (Å²) in [6.45, 7) is 1.93. The van der Waals surface area contributed by atoms with Gasteiger partial charge in [-0.25, -0.2) is 0 Å². The van der Waals surface area contributed by atoms with Gasteiger partial charge in [-0.15, -0.1) is 0 Å². The van der Waals surface area contributed by atoms with Crippen molar-refractivity contribution < 1.29 is 9.59 Å². The summed E-state index contributed by atoms with van der Waals surface area (Å²) in [4.78, 5) is 27.5. The van der Waals surface area contributed by atoms with Crippen molar-refractivity contribution in [1.82, 2.24) is 4.98 Å². The molecule has 0 saturated carbocycles. The van der Waals surface area contributed by atoms with E-state index in [0.29, 0.717) is 11.1 Å². The molecule has 17 heavy (non-hydrogen) atoms. The molecule has 3 heteroatoms. The summed E-state index contributed by atoms with van der Waals surface area (Å²) in [5.74, 6) is -0.993. The first kappa shape index (κ1) is 11.2. The second kappa shape index (κ2) is 4.70. The molecule has 1 aromatic carbocycles. The number of aromatic nitrogens is 1. The number of hydrogen-bond acceptors (Lipinski definition) is 3. The Morgan fingerprint density at radius 3 is 1.82 bits per heavy atom. The Morgan fingerprint density at radius 1 is 0.824 bits per heavy atom. The van der Waals surface area contributed by atoms with Gasteiger partial charge in [-0.3, -0.25) is 14.6 Å². The molecule has 0 atom stereocenters. The Balaban J connectivity index is 2.27. The highest BCUT2D eigenvalue weighted by molar-refractivity contribution is 6.49. The molecule has 84 valence electrons. The van der Waals surface area contributed by atoms with Crippen molar-refractivity contribution in [2.45, 2.75) is 6.92 Å². The van der Waals surface area contributed by atoms with Crippen LogP contribution < -0.4 is 0 Å². The van der Waals surface area contributed by atoms with Crippen LogP contribution in [0.4, 0.5) is 0 Å². The van der Waals surface area contributed by atoms with Crippen LogP contribution >= 0.6 is 0 Å². The molecule has 0 saturated heterocycles. The summed E-state index contributed by atoms with van der Waals surface area (Å²) in [6, 6.07) is 10.0. The summed E-state index contributed by atoms with van der Waals surface area (Å²) in [7, 11) is 0. The van der Waals surface area contributed by atoms with Crippen molar-refractivity contribution in [3.05, 3.63) is 65.5 Å². The largest absolute Gasteiger partial charge is 0.285 e. The maximum absolute atomic E-state index is 11.9. The fraction of sp³-hybridized carbons (Fsp3) is 0.0714. The van der Waals surface area contributed by atoms with Crippen LogP contribution in [0.15, 0.2) is 48.8 Å². The molecule has 1 heterocycles. The van der Waals surface area contributed by atoms with Gasteiger partial charge >= 0.3 is 0 Å². The third kappa shape index (κ3) is 2.45. The average Bonchev–Trinajstić information content (AvgIpc) is 2.39. The van der Waals surface area contributed by atoms with Gasteiger partial charge in [0.2, 0.25) is 11.6 Å². The Bertz CT molecular complexity index is 544. The third-order valence-electron chi connectivity index (χ3n) is 2.46. The minimum atomic E-state index is -0.503. The van der Waals surface area contributed by atoms with Gasteiger partial charge in [-0.2, -0.15) is 0 Å². The highest BCUT2D eigenvalue weighted by Crippen LogP contribution is 2.08. The zero-order valence-corrected chi connectivity index (χ0v) is 9.38. The fourth-order valence-electron chi connectivity index (χ4n) is 1.47. The van der Waals surface area contributed by atoms with Gasteiger partial charge in [0.1, 0.15) is 0 Å². The number of carbonyl (C=O) groups is 2. The van der Waals surface area contributed by atoms with Gasteiger partial charge in [-0.1, -0.05) is 29.8 Å². The Labute approximate surface area is 99.1 Å². The van der Waals surface area contributed by atoms with E-state index in [-0.39, 0.29) is 0 Å². The Morgan fingerprint density at radius 2 is 1.29 bits per heavy atom. The van der Waals surface area contributed by atoms with E-state index < -0.39 is 11.6 Å². The highest BCUT2D eigenvalue weighted by Gasteiger charge is 2.17. The van der Waals surface area contributed by atoms with Crippen LogP contribution in [0, 0.1) is 6.92 Å². The standard InChI is InChI=1S/C14H11NO2/c1-10-2-4-11(5-3-10)13(16)14(17)12-6-8-15-9-7-12/h2-9H,1H3. The predicted molar refractivity (Wildman–Crippen MR) is 64.1 cm³/mol. The van der Waals surface area contributed by atoms with Gasteiger partial charge < -0.3 is 0 Å². The third-order valence-corrected chi connectivity index (χ3v) is 2.46. The van der Waals surface area contributed by atoms with Crippen LogP contribution in [0.3, 0.4) is 0 Å². The van der Waals surface area contributed by atoms with Gasteiger partial charge in [0.15, 0.2) is 0 Å². The molecule has 0 spiro atoms. The van der Waals surface area contributed by atoms with E-state index in [1.807, 2.05) is 19.1 Å². The molecule has 0 amide bonds. The summed E-state index contributed by atoms with van der Waals surface area (Å²) in [6.07, 6.45) is 2.99. The number of benzene rings is 1. The van der Waals surface area contributed by atoms with Crippen LogP contribution in [0.25, 0.3) is 0 Å². The number of aryl methyl sites for hydroxylation is 1. The molecular formula is C14H11NO2. The van der Waals surface area contributed by atoms with E-state index in [2.05, 4.69) is 4.98 Å². The monoisotopic (exact) mass is 225 g/mol. The predicted octanol–water partition coefficient (Wildman–Crippen LogP) is 2.46. The molecule has 0 bridgehead atoms. The molecule has 2 rings (SSSR count). The second-order valence-corrected chi connectivity index (χ2v) is 3.76. The van der Waals surface area contributed by atoms with Gasteiger partial charge in [0.25, 0.3) is 0 Å². The van der Waals surface area contributed by atoms with Crippen molar-refractivity contribution in [2.75, 3.05) is 0 Å². The smallest absolute Gasteiger partial charge is 0.233 e. The molecule has 0 aliphatic carbocycles. The minimum Gasteiger partial charge on any atom is -0.285 e. The van der Waals surface area contributed by atoms with Crippen molar-refractivity contribution in [2.24, 2.45) is 0 Å². The fourth-order valence-corrected chi connectivity index (χ4v) is 1.47. The lowest BCUT2D eigenvalue weighted by molar-refractivity contribution is 0.0817. The van der Waals surface area contributed by atoms with Crippen LogP contribution in [0.5, 0.6) is 0 Å². The normalized spacial score (nSPS) is 9.94. The number of ketones is 2. The van der Waals surface area contributed by atoms with Gasteiger partial charge in [0, 0.05) is 23.5 Å². The molecule has 0 unspecified atom stereocenters. The van der Waals surface area contributed by atoms with Crippen LogP contribution in [0.1, 0.15) is 26.3 Å². The van der Waals surface area contributed by atoms with Gasteiger partial charge in [0.05, 0.1) is 0 Å². The van der Waals surface area contributed by atoms with E-state index in [0.717, 1.165) is 5.56 Å². The Hall–Kier alpha value is -2.29. The first-order valence-corrected chi connectivity index (χ1v) is 5.24. The number of pyridine rings is 1. The van der Waals surface area contributed by atoms with E-state index in [1.54, 1.807) is 12.1 Å². The number of Topliss-reactive ketones (excluding diaryl/α,β-unsaturated/α-hetero) is 2. The summed E-state index contributed by atoms with van der Waals surface area (Å²) in [5.41, 5.74) is 1.83. The summed E-state index contributed by atoms with van der Waals surface area (Å²) < 4.78 is 0. The number of hydrogen-bond donors (Lipinski definition) is 0. The SMILES string of the molecule is Cc1ccc(C(=O)C(=O)c2ccncc2)cc1. The van der Waals surface area contributed by atoms with Crippen molar-refractivity contribution in [3.8, 4) is 0 Å². The maximum Gasteiger partial charge on any atom is 0.233 e. The number of carbonyl (C=O) groups excluding carboxylic acids is 2. The van der Waals surface area contributed by atoms with E-state index >= 15 is 0 Å². The zero-order valence-electron chi connectivity index (χ0n) is 9.38. The molecule has 0 aliphatic rings. The first-order valence-electron chi connectivity index (χ1n) is 5.24. The summed E-state index contributed by atoms with van der Waals surface area (Å²) in [5, 5.41) is 0. The zero-order chi connectivity index (χ0) is 12.3. The van der Waals surface area contributed by atoms with Crippen LogP contribution in [-0.4, -0.2) is 16.6 Å². The molecule has 2 aromatic rings. The summed E-state index contributed by atoms with van der Waals surface area (Å²) >= 11 is 0. The maximum atomic E-state index is 11.9. The lowest BCUT2D eigenvalue weighted by Gasteiger charge is -2.00. The molecule has 0 radical (unpaired) electrons. The molecule has 0 aliphatic heterocycles. The van der Waals surface area contributed by atoms with E-state index in [1.165, 1.54) is 24.5 Å². The molecular weight excluding hydrogens is 214 g/mol. The molecule has 0 fully saturated rings. The lowest BCUT2D eigenvalue weighted by Crippen LogP contribution is -2.14. The highest BCUT2D eigenvalue weighted by atomic mass is 16.2. The van der Waals surface area contributed by atoms with Crippen molar-refractivity contribution in [3.63, 3.8) is 0 Å².